The van der Waals surface area contributed by atoms with Crippen molar-refractivity contribution in [1.29, 1.82) is 0 Å². The largest absolute Gasteiger partial charge is 0.497 e. The lowest BCUT2D eigenvalue weighted by Crippen LogP contribution is -2.28. The summed E-state index contributed by atoms with van der Waals surface area (Å²) in [6.07, 6.45) is 0.559. The van der Waals surface area contributed by atoms with Crippen LogP contribution in [0.25, 0.3) is 11.0 Å². The third kappa shape index (κ3) is 4.50. The highest BCUT2D eigenvalue weighted by atomic mass is 16.5. The molecule has 1 unspecified atom stereocenters. The molecular weight excluding hydrogens is 366 g/mol. The van der Waals surface area contributed by atoms with Crippen molar-refractivity contribution in [3.8, 4) is 5.75 Å². The van der Waals surface area contributed by atoms with Gasteiger partial charge in [-0.1, -0.05) is 23.8 Å². The molecule has 2 aromatic carbocycles. The van der Waals surface area contributed by atoms with Crippen LogP contribution in [0, 0.1) is 20.8 Å². The molecule has 0 aliphatic heterocycles. The first kappa shape index (κ1) is 20.6. The Morgan fingerprint density at radius 2 is 1.90 bits per heavy atom. The molecule has 0 saturated heterocycles. The maximum absolute atomic E-state index is 12.5. The second kappa shape index (κ2) is 8.52. The van der Waals surface area contributed by atoms with Crippen LogP contribution >= 0.6 is 0 Å². The summed E-state index contributed by atoms with van der Waals surface area (Å²) in [6, 6.07) is 11.5. The van der Waals surface area contributed by atoms with Gasteiger partial charge in [0.2, 0.25) is 5.91 Å². The summed E-state index contributed by atoms with van der Waals surface area (Å²) < 4.78 is 10.6. The van der Waals surface area contributed by atoms with E-state index in [0.717, 1.165) is 27.6 Å². The van der Waals surface area contributed by atoms with Crippen LogP contribution in [0.15, 0.2) is 45.6 Å². The zero-order valence-corrected chi connectivity index (χ0v) is 17.6. The van der Waals surface area contributed by atoms with Gasteiger partial charge < -0.3 is 14.5 Å². The summed E-state index contributed by atoms with van der Waals surface area (Å²) in [7, 11) is 1.57. The number of benzene rings is 2. The number of nitrogens with one attached hydrogen (secondary N) is 1. The van der Waals surface area contributed by atoms with Crippen LogP contribution in [-0.4, -0.2) is 13.0 Å². The Morgan fingerprint density at radius 3 is 2.62 bits per heavy atom. The Balaban J connectivity index is 1.74. The number of fused-ring (bicyclic) bond motifs is 1. The molecule has 1 N–H and O–H groups in total. The van der Waals surface area contributed by atoms with E-state index in [-0.39, 0.29) is 18.4 Å². The lowest BCUT2D eigenvalue weighted by Gasteiger charge is -2.17. The highest BCUT2D eigenvalue weighted by molar-refractivity contribution is 5.83. The summed E-state index contributed by atoms with van der Waals surface area (Å²) >= 11 is 0. The van der Waals surface area contributed by atoms with Gasteiger partial charge in [-0.25, -0.2) is 4.79 Å². The molecule has 1 heterocycles. The van der Waals surface area contributed by atoms with Crippen molar-refractivity contribution in [3.05, 3.63) is 74.6 Å². The molecule has 0 fully saturated rings. The molecule has 0 bridgehead atoms. The number of carbonyl (C=O) groups excluding carboxylic acids is 1. The van der Waals surface area contributed by atoms with Gasteiger partial charge in [0, 0.05) is 23.4 Å². The van der Waals surface area contributed by atoms with Crippen molar-refractivity contribution in [3.63, 3.8) is 0 Å². The van der Waals surface area contributed by atoms with E-state index in [1.165, 1.54) is 0 Å². The van der Waals surface area contributed by atoms with E-state index in [4.69, 9.17) is 9.15 Å². The normalized spacial score (nSPS) is 12.0. The highest BCUT2D eigenvalue weighted by Crippen LogP contribution is 2.24. The average Bonchev–Trinajstić information content (AvgIpc) is 2.69. The molecule has 0 radical (unpaired) electrons. The molecule has 5 nitrogen and oxygen atoms in total. The molecule has 1 amide bonds. The Hall–Kier alpha value is -3.08. The minimum absolute atomic E-state index is 0.0907. The lowest BCUT2D eigenvalue weighted by molar-refractivity contribution is -0.121. The number of hydrogen-bond donors (Lipinski definition) is 1. The zero-order valence-electron chi connectivity index (χ0n) is 17.6. The van der Waals surface area contributed by atoms with Crippen molar-refractivity contribution < 1.29 is 13.9 Å². The van der Waals surface area contributed by atoms with Crippen LogP contribution in [0.3, 0.4) is 0 Å². The number of ether oxygens (including phenoxy) is 1. The summed E-state index contributed by atoms with van der Waals surface area (Å²) in [5.41, 5.74) is 4.87. The van der Waals surface area contributed by atoms with E-state index >= 15 is 0 Å². The van der Waals surface area contributed by atoms with Gasteiger partial charge in [0.25, 0.3) is 0 Å². The van der Waals surface area contributed by atoms with Crippen molar-refractivity contribution in [2.75, 3.05) is 7.11 Å². The average molecular weight is 393 g/mol. The van der Waals surface area contributed by atoms with Crippen LogP contribution in [0.4, 0.5) is 0 Å². The van der Waals surface area contributed by atoms with E-state index < -0.39 is 5.63 Å². The standard InChI is InChI=1S/C24H27NO4/c1-14-6-7-15(2)21(12-14)17(4)25-23(26)11-10-20-16(3)19-9-8-18(28-5)13-22(19)29-24(20)27/h6-9,12-13,17H,10-11H2,1-5H3,(H,25,26). The van der Waals surface area contributed by atoms with Crippen molar-refractivity contribution >= 4 is 16.9 Å². The number of methoxy groups -OCH3 is 1. The summed E-state index contributed by atoms with van der Waals surface area (Å²) in [5.74, 6) is 0.541. The Bertz CT molecular complexity index is 1110. The SMILES string of the molecule is COc1ccc2c(C)c(CCC(=O)NC(C)c3cc(C)ccc3C)c(=O)oc2c1. The Kier molecular flexibility index (Phi) is 6.06. The van der Waals surface area contributed by atoms with Crippen molar-refractivity contribution in [2.24, 2.45) is 0 Å². The van der Waals surface area contributed by atoms with Gasteiger partial charge in [0.1, 0.15) is 11.3 Å². The fourth-order valence-corrected chi connectivity index (χ4v) is 3.65. The van der Waals surface area contributed by atoms with Crippen LogP contribution in [0.5, 0.6) is 5.75 Å². The fourth-order valence-electron chi connectivity index (χ4n) is 3.65. The van der Waals surface area contributed by atoms with E-state index in [1.807, 2.05) is 39.8 Å². The number of rotatable bonds is 6. The third-order valence-electron chi connectivity index (χ3n) is 5.38. The Morgan fingerprint density at radius 1 is 1.14 bits per heavy atom. The van der Waals surface area contributed by atoms with Crippen LogP contribution in [0.1, 0.15) is 47.2 Å². The number of amides is 1. The van der Waals surface area contributed by atoms with Crippen molar-refractivity contribution in [2.45, 2.75) is 46.6 Å². The van der Waals surface area contributed by atoms with E-state index in [0.29, 0.717) is 23.3 Å². The van der Waals surface area contributed by atoms with Crippen LogP contribution in [0.2, 0.25) is 0 Å². The van der Waals surface area contributed by atoms with Gasteiger partial charge in [-0.05, 0) is 62.9 Å². The first-order valence-electron chi connectivity index (χ1n) is 9.77. The third-order valence-corrected chi connectivity index (χ3v) is 5.38. The lowest BCUT2D eigenvalue weighted by atomic mass is 9.99. The first-order valence-corrected chi connectivity index (χ1v) is 9.77. The van der Waals surface area contributed by atoms with E-state index in [1.54, 1.807) is 13.2 Å². The second-order valence-electron chi connectivity index (χ2n) is 7.50. The quantitative estimate of drug-likeness (QED) is 0.625. The predicted octanol–water partition coefficient (Wildman–Crippen LogP) is 4.54. The molecule has 0 aliphatic carbocycles. The number of carbonyl (C=O) groups is 1. The monoisotopic (exact) mass is 393 g/mol. The van der Waals surface area contributed by atoms with Gasteiger partial charge in [-0.2, -0.15) is 0 Å². The first-order chi connectivity index (χ1) is 13.8. The topological polar surface area (TPSA) is 68.5 Å². The molecule has 3 rings (SSSR count). The molecule has 3 aromatic rings. The number of hydrogen-bond acceptors (Lipinski definition) is 4. The van der Waals surface area contributed by atoms with Gasteiger partial charge in [-0.15, -0.1) is 0 Å². The second-order valence-corrected chi connectivity index (χ2v) is 7.50. The van der Waals surface area contributed by atoms with Crippen LogP contribution in [-0.2, 0) is 11.2 Å². The molecule has 0 aliphatic rings. The fraction of sp³-hybridized carbons (Fsp3) is 0.333. The molecule has 5 heteroatoms. The molecule has 1 atom stereocenters. The Labute approximate surface area is 170 Å². The maximum atomic E-state index is 12.5. The highest BCUT2D eigenvalue weighted by Gasteiger charge is 2.16. The van der Waals surface area contributed by atoms with E-state index in [9.17, 15) is 9.59 Å². The van der Waals surface area contributed by atoms with Crippen molar-refractivity contribution in [1.82, 2.24) is 5.32 Å². The van der Waals surface area contributed by atoms with Gasteiger partial charge in [0.15, 0.2) is 0 Å². The van der Waals surface area contributed by atoms with Crippen LogP contribution < -0.4 is 15.7 Å². The summed E-state index contributed by atoms with van der Waals surface area (Å²) in [4.78, 5) is 25.0. The minimum Gasteiger partial charge on any atom is -0.497 e. The maximum Gasteiger partial charge on any atom is 0.339 e. The molecule has 29 heavy (non-hydrogen) atoms. The van der Waals surface area contributed by atoms with Gasteiger partial charge in [0.05, 0.1) is 13.2 Å². The minimum atomic E-state index is -0.404. The smallest absolute Gasteiger partial charge is 0.339 e. The predicted molar refractivity (Wildman–Crippen MR) is 115 cm³/mol. The molecule has 1 aromatic heterocycles. The molecule has 0 saturated carbocycles. The van der Waals surface area contributed by atoms with E-state index in [2.05, 4.69) is 23.5 Å². The van der Waals surface area contributed by atoms with Gasteiger partial charge >= 0.3 is 5.63 Å². The summed E-state index contributed by atoms with van der Waals surface area (Å²) in [5, 5.41) is 3.89. The number of aryl methyl sites for hydroxylation is 3. The molecule has 0 spiro atoms. The zero-order chi connectivity index (χ0) is 21.1. The molecular formula is C24H27NO4. The van der Waals surface area contributed by atoms with Gasteiger partial charge in [-0.3, -0.25) is 4.79 Å². The molecule has 152 valence electrons. The summed E-state index contributed by atoms with van der Waals surface area (Å²) in [6.45, 7) is 7.94.